The summed E-state index contributed by atoms with van der Waals surface area (Å²) in [5.41, 5.74) is 7.74. The number of nitrogens with zero attached hydrogens (tertiary/aromatic N) is 2. The molecule has 3 nitrogen and oxygen atoms in total. The van der Waals surface area contributed by atoms with Gasteiger partial charge in [0.15, 0.2) is 0 Å². The zero-order valence-corrected chi connectivity index (χ0v) is 14.0. The van der Waals surface area contributed by atoms with Crippen LogP contribution >= 0.6 is 23.2 Å². The standard InChI is InChI=1S/C16H19Cl2N3/c1-16(2,3)15-20-13(14(19)21(15)9-7-8-9)12-10(17)5-4-6-11(12)18/h4-6,9H,7-8,19H2,1-3H3. The number of hydrogen-bond donors (Lipinski definition) is 1. The maximum Gasteiger partial charge on any atom is 0.132 e. The Morgan fingerprint density at radius 3 is 2.24 bits per heavy atom. The van der Waals surface area contributed by atoms with Gasteiger partial charge >= 0.3 is 0 Å². The Labute approximate surface area is 135 Å². The number of benzene rings is 1. The lowest BCUT2D eigenvalue weighted by Gasteiger charge is -2.20. The van der Waals surface area contributed by atoms with Gasteiger partial charge in [-0.25, -0.2) is 4.98 Å². The highest BCUT2D eigenvalue weighted by atomic mass is 35.5. The smallest absolute Gasteiger partial charge is 0.132 e. The molecule has 2 aromatic rings. The zero-order chi connectivity index (χ0) is 15.4. The molecule has 1 heterocycles. The lowest BCUT2D eigenvalue weighted by molar-refractivity contribution is 0.504. The molecule has 0 saturated heterocycles. The van der Waals surface area contributed by atoms with Gasteiger partial charge in [0.1, 0.15) is 17.3 Å². The van der Waals surface area contributed by atoms with E-state index in [0.717, 1.165) is 24.2 Å². The van der Waals surface area contributed by atoms with Crippen LogP contribution in [-0.4, -0.2) is 9.55 Å². The molecule has 2 N–H and O–H groups in total. The Balaban J connectivity index is 2.25. The van der Waals surface area contributed by atoms with Gasteiger partial charge in [-0.05, 0) is 25.0 Å². The lowest BCUT2D eigenvalue weighted by atomic mass is 9.95. The molecule has 1 aliphatic carbocycles. The fraction of sp³-hybridized carbons (Fsp3) is 0.438. The fourth-order valence-electron chi connectivity index (χ4n) is 2.58. The van der Waals surface area contributed by atoms with Crippen molar-refractivity contribution in [3.05, 3.63) is 34.1 Å². The van der Waals surface area contributed by atoms with Gasteiger partial charge in [0, 0.05) is 17.0 Å². The van der Waals surface area contributed by atoms with Crippen molar-refractivity contribution in [1.29, 1.82) is 0 Å². The van der Waals surface area contributed by atoms with Crippen LogP contribution in [0.25, 0.3) is 11.3 Å². The minimum Gasteiger partial charge on any atom is -0.383 e. The van der Waals surface area contributed by atoms with Crippen LogP contribution in [0.1, 0.15) is 45.5 Å². The van der Waals surface area contributed by atoms with Crippen LogP contribution in [0.2, 0.25) is 10.0 Å². The summed E-state index contributed by atoms with van der Waals surface area (Å²) in [6, 6.07) is 5.92. The minimum atomic E-state index is -0.0807. The Bertz CT molecular complexity index is 674. The van der Waals surface area contributed by atoms with Crippen molar-refractivity contribution in [2.75, 3.05) is 5.73 Å². The van der Waals surface area contributed by atoms with E-state index in [1.807, 2.05) is 18.2 Å². The maximum absolute atomic E-state index is 6.39. The van der Waals surface area contributed by atoms with E-state index in [-0.39, 0.29) is 5.41 Å². The third-order valence-electron chi connectivity index (χ3n) is 3.73. The van der Waals surface area contributed by atoms with E-state index >= 15 is 0 Å². The predicted octanol–water partition coefficient (Wildman–Crippen LogP) is 5.07. The molecule has 112 valence electrons. The molecule has 1 aliphatic rings. The molecule has 0 unspecified atom stereocenters. The number of rotatable bonds is 2. The quantitative estimate of drug-likeness (QED) is 0.838. The van der Waals surface area contributed by atoms with Gasteiger partial charge in [-0.3, -0.25) is 0 Å². The van der Waals surface area contributed by atoms with Gasteiger partial charge in [-0.1, -0.05) is 50.0 Å². The van der Waals surface area contributed by atoms with E-state index in [1.54, 1.807) is 0 Å². The van der Waals surface area contributed by atoms with Crippen LogP contribution in [0.4, 0.5) is 5.82 Å². The molecule has 21 heavy (non-hydrogen) atoms. The molecule has 0 bridgehead atoms. The second-order valence-electron chi connectivity index (χ2n) is 6.62. The SMILES string of the molecule is CC(C)(C)c1nc(-c2c(Cl)cccc2Cl)c(N)n1C1CC1. The first-order valence-electron chi connectivity index (χ1n) is 7.13. The molecule has 1 aromatic heterocycles. The lowest BCUT2D eigenvalue weighted by Crippen LogP contribution is -2.19. The van der Waals surface area contributed by atoms with Gasteiger partial charge in [0.05, 0.1) is 10.0 Å². The Morgan fingerprint density at radius 1 is 1.19 bits per heavy atom. The predicted molar refractivity (Wildman–Crippen MR) is 89.1 cm³/mol. The molecule has 0 radical (unpaired) electrons. The van der Waals surface area contributed by atoms with Gasteiger partial charge < -0.3 is 10.3 Å². The van der Waals surface area contributed by atoms with Crippen LogP contribution in [0.15, 0.2) is 18.2 Å². The van der Waals surface area contributed by atoms with Gasteiger partial charge in [-0.2, -0.15) is 0 Å². The fourth-order valence-corrected chi connectivity index (χ4v) is 3.16. The summed E-state index contributed by atoms with van der Waals surface area (Å²) < 4.78 is 2.16. The van der Waals surface area contributed by atoms with E-state index in [2.05, 4.69) is 25.3 Å². The van der Waals surface area contributed by atoms with Crippen molar-refractivity contribution in [3.63, 3.8) is 0 Å². The Morgan fingerprint density at radius 2 is 1.76 bits per heavy atom. The summed E-state index contributed by atoms with van der Waals surface area (Å²) in [5.74, 6) is 1.66. The van der Waals surface area contributed by atoms with E-state index in [9.17, 15) is 0 Å². The number of aromatic nitrogens is 2. The number of nitrogen functional groups attached to an aromatic ring is 1. The number of anilines is 1. The molecular formula is C16H19Cl2N3. The van der Waals surface area contributed by atoms with Crippen molar-refractivity contribution >= 4 is 29.0 Å². The topological polar surface area (TPSA) is 43.8 Å². The van der Waals surface area contributed by atoms with E-state index < -0.39 is 0 Å². The summed E-state index contributed by atoms with van der Waals surface area (Å²) in [7, 11) is 0. The summed E-state index contributed by atoms with van der Waals surface area (Å²) in [4.78, 5) is 4.80. The molecule has 5 heteroatoms. The molecular weight excluding hydrogens is 305 g/mol. The van der Waals surface area contributed by atoms with Crippen molar-refractivity contribution in [2.45, 2.75) is 45.1 Å². The third kappa shape index (κ3) is 2.53. The third-order valence-corrected chi connectivity index (χ3v) is 4.36. The van der Waals surface area contributed by atoms with Crippen molar-refractivity contribution in [2.24, 2.45) is 0 Å². The van der Waals surface area contributed by atoms with Crippen LogP contribution < -0.4 is 5.73 Å². The second-order valence-corrected chi connectivity index (χ2v) is 7.43. The van der Waals surface area contributed by atoms with Crippen molar-refractivity contribution in [1.82, 2.24) is 9.55 Å². The van der Waals surface area contributed by atoms with Crippen LogP contribution in [-0.2, 0) is 5.41 Å². The largest absolute Gasteiger partial charge is 0.383 e. The summed E-state index contributed by atoms with van der Waals surface area (Å²) in [6.45, 7) is 6.43. The second kappa shape index (κ2) is 4.92. The minimum absolute atomic E-state index is 0.0807. The zero-order valence-electron chi connectivity index (χ0n) is 12.5. The Hall–Kier alpha value is -1.19. The summed E-state index contributed by atoms with van der Waals surface area (Å²) >= 11 is 12.6. The highest BCUT2D eigenvalue weighted by Gasteiger charge is 2.34. The average Bonchev–Trinajstić information content (AvgIpc) is 3.14. The van der Waals surface area contributed by atoms with Crippen molar-refractivity contribution in [3.8, 4) is 11.3 Å². The van der Waals surface area contributed by atoms with Gasteiger partial charge in [0.25, 0.3) is 0 Å². The summed E-state index contributed by atoms with van der Waals surface area (Å²) in [6.07, 6.45) is 2.30. The molecule has 0 atom stereocenters. The monoisotopic (exact) mass is 323 g/mol. The molecule has 1 saturated carbocycles. The van der Waals surface area contributed by atoms with Crippen LogP contribution in [0.5, 0.6) is 0 Å². The first kappa shape index (κ1) is 14.7. The van der Waals surface area contributed by atoms with Crippen LogP contribution in [0, 0.1) is 0 Å². The van der Waals surface area contributed by atoms with E-state index in [4.69, 9.17) is 33.9 Å². The normalized spacial score (nSPS) is 15.5. The van der Waals surface area contributed by atoms with Crippen molar-refractivity contribution < 1.29 is 0 Å². The molecule has 1 fully saturated rings. The molecule has 0 amide bonds. The van der Waals surface area contributed by atoms with E-state index in [1.165, 1.54) is 0 Å². The van der Waals surface area contributed by atoms with Crippen LogP contribution in [0.3, 0.4) is 0 Å². The molecule has 3 rings (SSSR count). The molecule has 0 aliphatic heterocycles. The molecule has 1 aromatic carbocycles. The highest BCUT2D eigenvalue weighted by Crippen LogP contribution is 2.45. The highest BCUT2D eigenvalue weighted by molar-refractivity contribution is 6.39. The first-order chi connectivity index (χ1) is 9.80. The number of imidazole rings is 1. The maximum atomic E-state index is 6.39. The first-order valence-corrected chi connectivity index (χ1v) is 7.89. The Kier molecular flexibility index (Phi) is 3.45. The molecule has 0 spiro atoms. The number of halogens is 2. The van der Waals surface area contributed by atoms with E-state index in [0.29, 0.717) is 27.6 Å². The number of nitrogens with two attached hydrogens (primary N) is 1. The summed E-state index contributed by atoms with van der Waals surface area (Å²) in [5, 5.41) is 1.16. The average molecular weight is 324 g/mol. The number of hydrogen-bond acceptors (Lipinski definition) is 2. The van der Waals surface area contributed by atoms with Gasteiger partial charge in [-0.15, -0.1) is 0 Å². The van der Waals surface area contributed by atoms with Gasteiger partial charge in [0.2, 0.25) is 0 Å².